The van der Waals surface area contributed by atoms with Crippen LogP contribution in [0.4, 0.5) is 0 Å². The molecule has 2 fully saturated rings. The maximum atomic E-state index is 12.9. The molecule has 166 valence electrons. The maximum absolute atomic E-state index is 12.9. The molecule has 4 atom stereocenters. The third kappa shape index (κ3) is 5.02. The minimum Gasteiger partial charge on any atom is -0.352 e. The summed E-state index contributed by atoms with van der Waals surface area (Å²) in [5, 5.41) is 6.63. The van der Waals surface area contributed by atoms with Crippen molar-refractivity contribution in [1.82, 2.24) is 15.5 Å². The highest BCUT2D eigenvalue weighted by molar-refractivity contribution is 5.82. The van der Waals surface area contributed by atoms with Gasteiger partial charge in [0.05, 0.1) is 12.1 Å². The number of hydrogen-bond donors (Lipinski definition) is 2. The van der Waals surface area contributed by atoms with Crippen LogP contribution >= 0.6 is 0 Å². The van der Waals surface area contributed by atoms with Crippen LogP contribution in [0.15, 0.2) is 60.7 Å². The second-order valence-electron chi connectivity index (χ2n) is 9.76. The van der Waals surface area contributed by atoms with Gasteiger partial charge in [0.2, 0.25) is 5.91 Å². The minimum atomic E-state index is -0.0991. The third-order valence-electron chi connectivity index (χ3n) is 7.18. The average molecular weight is 420 g/mol. The van der Waals surface area contributed by atoms with Crippen LogP contribution < -0.4 is 10.6 Å². The highest BCUT2D eigenvalue weighted by Gasteiger charge is 2.45. The summed E-state index contributed by atoms with van der Waals surface area (Å²) in [4.78, 5) is 15.6. The SMILES string of the molecule is CNC(CC(C)C)C(=O)NC1CC[C@H]2CN(C(c3ccccc3)c3ccccc3)CC12. The van der Waals surface area contributed by atoms with Crippen LogP contribution in [-0.4, -0.2) is 43.0 Å². The molecule has 4 nitrogen and oxygen atoms in total. The van der Waals surface area contributed by atoms with Crippen LogP contribution in [0.3, 0.4) is 0 Å². The summed E-state index contributed by atoms with van der Waals surface area (Å²) < 4.78 is 0. The van der Waals surface area contributed by atoms with Gasteiger partial charge in [0, 0.05) is 19.1 Å². The first-order chi connectivity index (χ1) is 15.1. The Labute approximate surface area is 187 Å². The van der Waals surface area contributed by atoms with Crippen molar-refractivity contribution in [2.75, 3.05) is 20.1 Å². The van der Waals surface area contributed by atoms with Crippen LogP contribution in [0.2, 0.25) is 0 Å². The Bertz CT molecular complexity index is 799. The first kappa shape index (κ1) is 22.0. The number of nitrogens with one attached hydrogen (secondary N) is 2. The van der Waals surface area contributed by atoms with Gasteiger partial charge in [-0.25, -0.2) is 0 Å². The Morgan fingerprint density at radius 2 is 1.58 bits per heavy atom. The maximum Gasteiger partial charge on any atom is 0.237 e. The molecule has 0 bridgehead atoms. The molecule has 2 N–H and O–H groups in total. The van der Waals surface area contributed by atoms with Crippen molar-refractivity contribution in [1.29, 1.82) is 0 Å². The van der Waals surface area contributed by atoms with Crippen molar-refractivity contribution < 1.29 is 4.79 Å². The molecule has 4 rings (SSSR count). The number of fused-ring (bicyclic) bond motifs is 1. The molecule has 1 aliphatic carbocycles. The van der Waals surface area contributed by atoms with Crippen molar-refractivity contribution in [3.8, 4) is 0 Å². The molecular weight excluding hydrogens is 382 g/mol. The van der Waals surface area contributed by atoms with E-state index in [1.807, 2.05) is 7.05 Å². The summed E-state index contributed by atoms with van der Waals surface area (Å²) in [6.45, 7) is 6.49. The zero-order chi connectivity index (χ0) is 21.8. The monoisotopic (exact) mass is 419 g/mol. The van der Waals surface area contributed by atoms with Crippen molar-refractivity contribution in [3.63, 3.8) is 0 Å². The second-order valence-corrected chi connectivity index (χ2v) is 9.76. The van der Waals surface area contributed by atoms with E-state index in [0.717, 1.165) is 25.9 Å². The van der Waals surface area contributed by atoms with Gasteiger partial charge in [0.25, 0.3) is 0 Å². The average Bonchev–Trinajstić information content (AvgIpc) is 3.35. The molecule has 3 unspecified atom stereocenters. The van der Waals surface area contributed by atoms with Gasteiger partial charge in [-0.3, -0.25) is 9.69 Å². The van der Waals surface area contributed by atoms with Gasteiger partial charge in [-0.05, 0) is 55.2 Å². The largest absolute Gasteiger partial charge is 0.352 e. The lowest BCUT2D eigenvalue weighted by Gasteiger charge is -2.30. The smallest absolute Gasteiger partial charge is 0.237 e. The number of hydrogen-bond acceptors (Lipinski definition) is 3. The molecule has 2 aliphatic rings. The number of likely N-dealkylation sites (tertiary alicyclic amines) is 1. The molecule has 0 radical (unpaired) electrons. The Kier molecular flexibility index (Phi) is 7.09. The summed E-state index contributed by atoms with van der Waals surface area (Å²) >= 11 is 0. The third-order valence-corrected chi connectivity index (χ3v) is 7.18. The number of carbonyl (C=O) groups is 1. The van der Waals surface area contributed by atoms with E-state index in [-0.39, 0.29) is 24.0 Å². The molecule has 4 heteroatoms. The Morgan fingerprint density at radius 1 is 0.968 bits per heavy atom. The first-order valence-corrected chi connectivity index (χ1v) is 11.9. The fourth-order valence-corrected chi connectivity index (χ4v) is 5.69. The molecule has 1 heterocycles. The molecule has 0 spiro atoms. The van der Waals surface area contributed by atoms with Gasteiger partial charge in [-0.2, -0.15) is 0 Å². The Hall–Kier alpha value is -2.17. The highest BCUT2D eigenvalue weighted by Crippen LogP contribution is 2.43. The zero-order valence-electron chi connectivity index (χ0n) is 19.1. The predicted octanol–water partition coefficient (Wildman–Crippen LogP) is 4.24. The summed E-state index contributed by atoms with van der Waals surface area (Å²) in [5.41, 5.74) is 2.70. The van der Waals surface area contributed by atoms with Crippen LogP contribution in [-0.2, 0) is 4.79 Å². The van der Waals surface area contributed by atoms with E-state index in [4.69, 9.17) is 0 Å². The number of rotatable bonds is 8. The number of carbonyl (C=O) groups excluding carboxylic acids is 1. The van der Waals surface area contributed by atoms with Crippen molar-refractivity contribution in [3.05, 3.63) is 71.8 Å². The van der Waals surface area contributed by atoms with E-state index in [1.54, 1.807) is 0 Å². The van der Waals surface area contributed by atoms with Crippen molar-refractivity contribution in [2.24, 2.45) is 17.8 Å². The quantitative estimate of drug-likeness (QED) is 0.673. The lowest BCUT2D eigenvalue weighted by Crippen LogP contribution is -2.49. The van der Waals surface area contributed by atoms with E-state index >= 15 is 0 Å². The highest BCUT2D eigenvalue weighted by atomic mass is 16.2. The summed E-state index contributed by atoms with van der Waals surface area (Å²) in [6, 6.07) is 22.2. The van der Waals surface area contributed by atoms with Crippen LogP contribution in [0, 0.1) is 17.8 Å². The van der Waals surface area contributed by atoms with Gasteiger partial charge in [-0.15, -0.1) is 0 Å². The molecule has 2 aromatic rings. The number of amides is 1. The van der Waals surface area contributed by atoms with Crippen LogP contribution in [0.5, 0.6) is 0 Å². The van der Waals surface area contributed by atoms with E-state index in [1.165, 1.54) is 17.5 Å². The van der Waals surface area contributed by atoms with Crippen LogP contribution in [0.1, 0.15) is 50.3 Å². The van der Waals surface area contributed by atoms with E-state index in [9.17, 15) is 4.79 Å². The Morgan fingerprint density at radius 3 is 2.13 bits per heavy atom. The first-order valence-electron chi connectivity index (χ1n) is 11.9. The number of nitrogens with zero attached hydrogens (tertiary/aromatic N) is 1. The summed E-state index contributed by atoms with van der Waals surface area (Å²) in [5.74, 6) is 1.87. The van der Waals surface area contributed by atoms with Crippen LogP contribution in [0.25, 0.3) is 0 Å². The van der Waals surface area contributed by atoms with E-state index < -0.39 is 0 Å². The molecule has 0 aromatic heterocycles. The van der Waals surface area contributed by atoms with E-state index in [2.05, 4.69) is 90.0 Å². The molecule has 31 heavy (non-hydrogen) atoms. The number of benzene rings is 2. The van der Waals surface area contributed by atoms with Gasteiger partial charge in [-0.1, -0.05) is 74.5 Å². The predicted molar refractivity (Wildman–Crippen MR) is 127 cm³/mol. The molecule has 1 saturated carbocycles. The molecular formula is C27H37N3O. The second kappa shape index (κ2) is 9.97. The lowest BCUT2D eigenvalue weighted by molar-refractivity contribution is -0.124. The lowest BCUT2D eigenvalue weighted by atomic mass is 9.96. The van der Waals surface area contributed by atoms with Gasteiger partial charge >= 0.3 is 0 Å². The minimum absolute atomic E-state index is 0.0991. The zero-order valence-corrected chi connectivity index (χ0v) is 19.1. The summed E-state index contributed by atoms with van der Waals surface area (Å²) in [7, 11) is 1.89. The molecule has 2 aromatic carbocycles. The molecule has 1 saturated heterocycles. The van der Waals surface area contributed by atoms with Gasteiger partial charge in [0.15, 0.2) is 0 Å². The van der Waals surface area contributed by atoms with E-state index in [0.29, 0.717) is 17.8 Å². The summed E-state index contributed by atoms with van der Waals surface area (Å²) in [6.07, 6.45) is 3.19. The normalized spacial score (nSPS) is 24.5. The topological polar surface area (TPSA) is 44.4 Å². The van der Waals surface area contributed by atoms with Crippen molar-refractivity contribution >= 4 is 5.91 Å². The number of likely N-dealkylation sites (N-methyl/N-ethyl adjacent to an activating group) is 1. The molecule has 1 aliphatic heterocycles. The van der Waals surface area contributed by atoms with Crippen molar-refractivity contribution in [2.45, 2.75) is 51.2 Å². The Balaban J connectivity index is 1.48. The van der Waals surface area contributed by atoms with Gasteiger partial charge < -0.3 is 10.6 Å². The standard InChI is InChI=1S/C27H37N3O/c1-19(2)16-25(28-3)27(31)29-24-15-14-22-17-30(18-23(22)24)26(20-10-6-4-7-11-20)21-12-8-5-9-13-21/h4-13,19,22-26,28H,14-18H2,1-3H3,(H,29,31)/t22-,23?,24?,25?/m0/s1. The van der Waals surface area contributed by atoms with Gasteiger partial charge in [0.1, 0.15) is 0 Å². The fraction of sp³-hybridized carbons (Fsp3) is 0.519. The fourth-order valence-electron chi connectivity index (χ4n) is 5.69. The molecule has 1 amide bonds.